The van der Waals surface area contributed by atoms with E-state index in [1.807, 2.05) is 37.3 Å². The second-order valence-electron chi connectivity index (χ2n) is 5.89. The molecule has 3 heteroatoms. The Labute approximate surface area is 130 Å². The van der Waals surface area contributed by atoms with E-state index in [0.29, 0.717) is 0 Å². The van der Waals surface area contributed by atoms with Crippen LogP contribution >= 0.6 is 0 Å². The maximum atomic E-state index is 12.6. The number of benzene rings is 2. The maximum Gasteiger partial charge on any atom is 0.274 e. The average molecular weight is 292 g/mol. The number of nitrogens with zero attached hydrogens (tertiary/aromatic N) is 1. The quantitative estimate of drug-likeness (QED) is 0.759. The topological polar surface area (TPSA) is 37.8 Å². The van der Waals surface area contributed by atoms with Crippen molar-refractivity contribution in [2.24, 2.45) is 0 Å². The maximum absolute atomic E-state index is 12.6. The van der Waals surface area contributed by atoms with Crippen molar-refractivity contribution >= 4 is 0 Å². The Kier molecular flexibility index (Phi) is 3.49. The van der Waals surface area contributed by atoms with E-state index < -0.39 is 0 Å². The number of H-pyrrole nitrogens is 1. The van der Waals surface area contributed by atoms with Crippen molar-refractivity contribution in [3.63, 3.8) is 0 Å². The van der Waals surface area contributed by atoms with Crippen LogP contribution in [0.1, 0.15) is 22.3 Å². The molecule has 0 saturated carbocycles. The first-order chi connectivity index (χ1) is 10.5. The van der Waals surface area contributed by atoms with E-state index in [9.17, 15) is 4.79 Å². The first-order valence-corrected chi connectivity index (χ1v) is 7.43. The number of hydrogen-bond donors (Lipinski definition) is 1. The van der Waals surface area contributed by atoms with Gasteiger partial charge in [-0.15, -0.1) is 0 Å². The molecule has 0 aliphatic carbocycles. The SMILES string of the molecule is Cc1ccc(-c2[nH]n(-c3ccc(C)c(C)c3)c(=O)c2C)cc1. The Morgan fingerprint density at radius 1 is 0.864 bits per heavy atom. The summed E-state index contributed by atoms with van der Waals surface area (Å²) in [5.74, 6) is 0. The molecule has 0 saturated heterocycles. The molecule has 0 bridgehead atoms. The van der Waals surface area contributed by atoms with Gasteiger partial charge in [0.15, 0.2) is 0 Å². The first-order valence-electron chi connectivity index (χ1n) is 7.43. The van der Waals surface area contributed by atoms with E-state index in [-0.39, 0.29) is 5.56 Å². The number of hydrogen-bond acceptors (Lipinski definition) is 1. The van der Waals surface area contributed by atoms with Gasteiger partial charge in [-0.3, -0.25) is 9.89 Å². The fourth-order valence-corrected chi connectivity index (χ4v) is 2.57. The summed E-state index contributed by atoms with van der Waals surface area (Å²) in [4.78, 5) is 12.6. The minimum absolute atomic E-state index is 0.00109. The van der Waals surface area contributed by atoms with Crippen LogP contribution in [-0.2, 0) is 0 Å². The molecule has 0 radical (unpaired) electrons. The summed E-state index contributed by atoms with van der Waals surface area (Å²) in [5, 5.41) is 3.25. The van der Waals surface area contributed by atoms with Gasteiger partial charge < -0.3 is 0 Å². The molecule has 0 spiro atoms. The van der Waals surface area contributed by atoms with Crippen molar-refractivity contribution < 1.29 is 0 Å². The van der Waals surface area contributed by atoms with E-state index >= 15 is 0 Å². The predicted octanol–water partition coefficient (Wildman–Crippen LogP) is 4.07. The van der Waals surface area contributed by atoms with Gasteiger partial charge in [-0.25, -0.2) is 4.68 Å². The smallest absolute Gasteiger partial charge is 0.274 e. The molecular formula is C19H20N2O. The molecule has 0 atom stereocenters. The fourth-order valence-electron chi connectivity index (χ4n) is 2.57. The van der Waals surface area contributed by atoms with Crippen molar-refractivity contribution in [1.82, 2.24) is 9.78 Å². The molecule has 112 valence electrons. The van der Waals surface area contributed by atoms with Gasteiger partial charge in [0.25, 0.3) is 5.56 Å². The van der Waals surface area contributed by atoms with Gasteiger partial charge in [0.1, 0.15) is 0 Å². The third-order valence-corrected chi connectivity index (χ3v) is 4.21. The summed E-state index contributed by atoms with van der Waals surface area (Å²) >= 11 is 0. The van der Waals surface area contributed by atoms with E-state index in [4.69, 9.17) is 0 Å². The molecule has 0 aliphatic heterocycles. The highest BCUT2D eigenvalue weighted by atomic mass is 16.1. The van der Waals surface area contributed by atoms with Crippen LogP contribution in [0.2, 0.25) is 0 Å². The molecule has 0 amide bonds. The molecule has 22 heavy (non-hydrogen) atoms. The standard InChI is InChI=1S/C19H20N2O/c1-12-5-8-16(9-6-12)18-15(4)19(22)21(20-18)17-10-7-13(2)14(3)11-17/h5-11,20H,1-4H3. The van der Waals surface area contributed by atoms with E-state index in [1.54, 1.807) is 4.68 Å². The highest BCUT2D eigenvalue weighted by molar-refractivity contribution is 5.63. The number of nitrogens with one attached hydrogen (secondary N) is 1. The lowest BCUT2D eigenvalue weighted by Gasteiger charge is -2.06. The molecule has 0 fully saturated rings. The van der Waals surface area contributed by atoms with Crippen LogP contribution in [0.4, 0.5) is 0 Å². The predicted molar refractivity (Wildman–Crippen MR) is 90.8 cm³/mol. The van der Waals surface area contributed by atoms with E-state index in [1.165, 1.54) is 16.7 Å². The Bertz CT molecular complexity index is 883. The molecule has 0 unspecified atom stereocenters. The zero-order valence-electron chi connectivity index (χ0n) is 13.4. The minimum Gasteiger partial charge on any atom is -0.290 e. The summed E-state index contributed by atoms with van der Waals surface area (Å²) < 4.78 is 1.62. The van der Waals surface area contributed by atoms with Crippen molar-refractivity contribution in [3.8, 4) is 16.9 Å². The summed E-state index contributed by atoms with van der Waals surface area (Å²) in [7, 11) is 0. The van der Waals surface area contributed by atoms with Crippen molar-refractivity contribution in [3.05, 3.63) is 75.1 Å². The molecule has 1 heterocycles. The lowest BCUT2D eigenvalue weighted by Crippen LogP contribution is -2.15. The van der Waals surface area contributed by atoms with Crippen molar-refractivity contribution in [2.45, 2.75) is 27.7 Å². The van der Waals surface area contributed by atoms with Gasteiger partial charge in [0, 0.05) is 5.56 Å². The molecule has 3 nitrogen and oxygen atoms in total. The van der Waals surface area contributed by atoms with Crippen LogP contribution < -0.4 is 5.56 Å². The zero-order chi connectivity index (χ0) is 15.9. The second kappa shape index (κ2) is 5.34. The number of aromatic nitrogens is 2. The molecule has 1 aromatic heterocycles. The van der Waals surface area contributed by atoms with Crippen molar-refractivity contribution in [1.29, 1.82) is 0 Å². The normalized spacial score (nSPS) is 10.9. The number of aryl methyl sites for hydroxylation is 3. The fraction of sp³-hybridized carbons (Fsp3) is 0.211. The minimum atomic E-state index is -0.00109. The van der Waals surface area contributed by atoms with Crippen molar-refractivity contribution in [2.75, 3.05) is 0 Å². The van der Waals surface area contributed by atoms with Gasteiger partial charge in [-0.1, -0.05) is 35.9 Å². The van der Waals surface area contributed by atoms with Gasteiger partial charge in [0.2, 0.25) is 0 Å². The van der Waals surface area contributed by atoms with Crippen LogP contribution in [0.5, 0.6) is 0 Å². The van der Waals surface area contributed by atoms with Gasteiger partial charge >= 0.3 is 0 Å². The van der Waals surface area contributed by atoms with E-state index in [0.717, 1.165) is 22.5 Å². The Hall–Kier alpha value is -2.55. The zero-order valence-corrected chi connectivity index (χ0v) is 13.4. The largest absolute Gasteiger partial charge is 0.290 e. The van der Waals surface area contributed by atoms with Crippen LogP contribution in [0.25, 0.3) is 16.9 Å². The lowest BCUT2D eigenvalue weighted by atomic mass is 10.1. The lowest BCUT2D eigenvalue weighted by molar-refractivity contribution is 0.849. The van der Waals surface area contributed by atoms with Gasteiger partial charge in [0.05, 0.1) is 11.4 Å². The third kappa shape index (κ3) is 2.39. The molecular weight excluding hydrogens is 272 g/mol. The van der Waals surface area contributed by atoms with Crippen LogP contribution in [0.15, 0.2) is 47.3 Å². The van der Waals surface area contributed by atoms with Crippen LogP contribution in [0, 0.1) is 27.7 Å². The van der Waals surface area contributed by atoms with Gasteiger partial charge in [-0.05, 0) is 56.5 Å². The highest BCUT2D eigenvalue weighted by Gasteiger charge is 2.13. The van der Waals surface area contributed by atoms with E-state index in [2.05, 4.69) is 38.0 Å². The van der Waals surface area contributed by atoms with Gasteiger partial charge in [-0.2, -0.15) is 0 Å². The monoisotopic (exact) mass is 292 g/mol. The third-order valence-electron chi connectivity index (χ3n) is 4.21. The summed E-state index contributed by atoms with van der Waals surface area (Å²) in [6.45, 7) is 8.05. The summed E-state index contributed by atoms with van der Waals surface area (Å²) in [6, 6.07) is 14.2. The molecule has 0 aliphatic rings. The average Bonchev–Trinajstić information content (AvgIpc) is 2.79. The molecule has 2 aromatic carbocycles. The number of rotatable bonds is 2. The Morgan fingerprint density at radius 3 is 2.18 bits per heavy atom. The summed E-state index contributed by atoms with van der Waals surface area (Å²) in [6.07, 6.45) is 0. The Balaban J connectivity index is 2.15. The first kappa shape index (κ1) is 14.4. The molecule has 3 rings (SSSR count). The molecule has 1 N–H and O–H groups in total. The highest BCUT2D eigenvalue weighted by Crippen LogP contribution is 2.21. The second-order valence-corrected chi connectivity index (χ2v) is 5.89. The van der Waals surface area contributed by atoms with Crippen LogP contribution in [-0.4, -0.2) is 9.78 Å². The molecule has 3 aromatic rings. The Morgan fingerprint density at radius 2 is 1.55 bits per heavy atom. The number of aromatic amines is 1. The van der Waals surface area contributed by atoms with Crippen LogP contribution in [0.3, 0.4) is 0 Å². The summed E-state index contributed by atoms with van der Waals surface area (Å²) in [5.41, 5.74) is 7.12.